The summed E-state index contributed by atoms with van der Waals surface area (Å²) in [4.78, 5) is 7.79. The SMILES string of the molecule is CC.CC.CCCC(Cc1c(F)cccc1F)N1CCCCC1.CCCC(Cc1cc(F)ccc1Br)N1CCCCC1.c1ccc(CC(CC2CC2)N2CCCCC2)cc1. The number of hydrogen-bond acceptors (Lipinski definition) is 3. The van der Waals surface area contributed by atoms with Crippen molar-refractivity contribution in [1.82, 2.24) is 14.7 Å². The van der Waals surface area contributed by atoms with Crippen LogP contribution in [0.1, 0.15) is 161 Å². The fraction of sp³-hybridized carbons (Fsp3) is 0.660. The third kappa shape index (κ3) is 19.1. The van der Waals surface area contributed by atoms with Crippen LogP contribution in [-0.4, -0.2) is 72.1 Å². The van der Waals surface area contributed by atoms with E-state index < -0.39 is 11.6 Å². The highest BCUT2D eigenvalue weighted by Gasteiger charge is 2.29. The van der Waals surface area contributed by atoms with Crippen LogP contribution in [0.25, 0.3) is 0 Å². The molecule has 0 radical (unpaired) electrons. The van der Waals surface area contributed by atoms with Crippen molar-refractivity contribution >= 4 is 15.9 Å². The second-order valence-electron chi connectivity index (χ2n) is 17.0. The first kappa shape index (κ1) is 52.2. The molecule has 4 aliphatic rings. The Hall–Kier alpha value is -2.19. The topological polar surface area (TPSA) is 9.72 Å². The largest absolute Gasteiger partial charge is 0.300 e. The molecule has 0 bridgehead atoms. The zero-order valence-electron chi connectivity index (χ0n) is 38.7. The Morgan fingerprint density at radius 1 is 0.550 bits per heavy atom. The van der Waals surface area contributed by atoms with E-state index in [1.165, 1.54) is 152 Å². The molecule has 0 N–H and O–H groups in total. The van der Waals surface area contributed by atoms with Crippen molar-refractivity contribution in [2.24, 2.45) is 5.92 Å². The lowest BCUT2D eigenvalue weighted by atomic mass is 9.97. The van der Waals surface area contributed by atoms with Gasteiger partial charge in [0.05, 0.1) is 0 Å². The Morgan fingerprint density at radius 2 is 1.02 bits per heavy atom. The molecule has 3 aromatic carbocycles. The minimum Gasteiger partial charge on any atom is -0.300 e. The Balaban J connectivity index is 0.000000230. The Morgan fingerprint density at radius 3 is 1.48 bits per heavy atom. The first-order valence-corrected chi connectivity index (χ1v) is 25.3. The second-order valence-corrected chi connectivity index (χ2v) is 17.9. The van der Waals surface area contributed by atoms with Gasteiger partial charge in [0.2, 0.25) is 0 Å². The van der Waals surface area contributed by atoms with Gasteiger partial charge in [-0.15, -0.1) is 0 Å². The molecule has 3 unspecified atom stereocenters. The highest BCUT2D eigenvalue weighted by atomic mass is 79.9. The van der Waals surface area contributed by atoms with Gasteiger partial charge in [0.15, 0.2) is 0 Å². The normalized spacial score (nSPS) is 18.8. The third-order valence-electron chi connectivity index (χ3n) is 12.5. The van der Waals surface area contributed by atoms with Crippen molar-refractivity contribution in [2.45, 2.75) is 182 Å². The molecule has 338 valence electrons. The summed E-state index contributed by atoms with van der Waals surface area (Å²) < 4.78 is 41.9. The van der Waals surface area contributed by atoms with Crippen molar-refractivity contribution in [2.75, 3.05) is 39.3 Å². The van der Waals surface area contributed by atoms with Gasteiger partial charge in [-0.05, 0) is 164 Å². The molecule has 3 atom stereocenters. The molecule has 60 heavy (non-hydrogen) atoms. The molecule has 7 rings (SSSR count). The fourth-order valence-electron chi connectivity index (χ4n) is 9.25. The summed E-state index contributed by atoms with van der Waals surface area (Å²) in [5.74, 6) is 0.101. The van der Waals surface area contributed by atoms with E-state index >= 15 is 0 Å². The maximum absolute atomic E-state index is 13.8. The lowest BCUT2D eigenvalue weighted by Crippen LogP contribution is -2.40. The molecular formula is C53H83BrF3N3. The van der Waals surface area contributed by atoms with Gasteiger partial charge in [0.1, 0.15) is 17.5 Å². The van der Waals surface area contributed by atoms with E-state index in [1.807, 2.05) is 33.8 Å². The minimum atomic E-state index is -0.405. The van der Waals surface area contributed by atoms with Crippen molar-refractivity contribution in [3.8, 4) is 0 Å². The second kappa shape index (κ2) is 30.8. The van der Waals surface area contributed by atoms with Crippen LogP contribution >= 0.6 is 15.9 Å². The van der Waals surface area contributed by atoms with Crippen molar-refractivity contribution in [3.63, 3.8) is 0 Å². The molecular weight excluding hydrogens is 816 g/mol. The lowest BCUT2D eigenvalue weighted by molar-refractivity contribution is 0.149. The number of nitrogens with zero attached hydrogens (tertiary/aromatic N) is 3. The van der Waals surface area contributed by atoms with Crippen LogP contribution in [0.5, 0.6) is 0 Å². The summed E-state index contributed by atoms with van der Waals surface area (Å²) in [7, 11) is 0. The van der Waals surface area contributed by atoms with Crippen LogP contribution in [0.3, 0.4) is 0 Å². The maximum atomic E-state index is 13.8. The molecule has 7 heteroatoms. The van der Waals surface area contributed by atoms with E-state index in [9.17, 15) is 13.2 Å². The maximum Gasteiger partial charge on any atom is 0.129 e. The van der Waals surface area contributed by atoms with E-state index in [2.05, 4.69) is 74.8 Å². The number of piperidine rings is 3. The highest BCUT2D eigenvalue weighted by Crippen LogP contribution is 2.36. The number of likely N-dealkylation sites (tertiary alicyclic amines) is 3. The van der Waals surface area contributed by atoms with Gasteiger partial charge in [0, 0.05) is 28.2 Å². The van der Waals surface area contributed by atoms with Gasteiger partial charge in [-0.3, -0.25) is 0 Å². The van der Waals surface area contributed by atoms with Crippen molar-refractivity contribution in [1.29, 1.82) is 0 Å². The smallest absolute Gasteiger partial charge is 0.129 e. The van der Waals surface area contributed by atoms with Crippen molar-refractivity contribution in [3.05, 3.63) is 105 Å². The molecule has 4 fully saturated rings. The zero-order chi connectivity index (χ0) is 43.5. The van der Waals surface area contributed by atoms with E-state index in [-0.39, 0.29) is 17.4 Å². The minimum absolute atomic E-state index is 0.132. The van der Waals surface area contributed by atoms with Crippen molar-refractivity contribution < 1.29 is 13.2 Å². The number of halogens is 4. The summed E-state index contributed by atoms with van der Waals surface area (Å²) in [6, 6.07) is 21.9. The number of benzene rings is 3. The third-order valence-corrected chi connectivity index (χ3v) is 13.3. The number of hydrogen-bond donors (Lipinski definition) is 0. The van der Waals surface area contributed by atoms with Gasteiger partial charge in [-0.1, -0.05) is 139 Å². The van der Waals surface area contributed by atoms with Gasteiger partial charge in [0.25, 0.3) is 0 Å². The van der Waals surface area contributed by atoms with Crippen LogP contribution in [0.4, 0.5) is 13.2 Å². The van der Waals surface area contributed by atoms with Crippen LogP contribution in [-0.2, 0) is 19.3 Å². The summed E-state index contributed by atoms with van der Waals surface area (Å²) in [5.41, 5.74) is 2.88. The van der Waals surface area contributed by atoms with E-state index in [4.69, 9.17) is 0 Å². The molecule has 1 saturated carbocycles. The van der Waals surface area contributed by atoms with Crippen LogP contribution in [0.15, 0.2) is 71.2 Å². The van der Waals surface area contributed by atoms with Crippen LogP contribution in [0, 0.1) is 23.4 Å². The first-order chi connectivity index (χ1) is 29.3. The molecule has 3 heterocycles. The van der Waals surface area contributed by atoms with Crippen LogP contribution in [0.2, 0.25) is 0 Å². The van der Waals surface area contributed by atoms with E-state index in [0.29, 0.717) is 12.5 Å². The molecule has 3 aromatic rings. The number of rotatable bonds is 15. The molecule has 3 saturated heterocycles. The summed E-state index contributed by atoms with van der Waals surface area (Å²) in [6.07, 6.45) is 23.5. The molecule has 3 aliphatic heterocycles. The lowest BCUT2D eigenvalue weighted by Gasteiger charge is -2.35. The average Bonchev–Trinajstić information content (AvgIpc) is 4.13. The standard InChI is InChI=1S/C17H25N.C16H23BrFN.C16H23F2N.2C2H6/c1-3-7-15(8-4-1)13-17(14-16-9-10-16)18-11-5-2-6-12-18;1-2-6-15(19-9-4-3-5-10-19)12-13-11-14(18)7-8-16(13)17;1-2-7-13(19-10-4-3-5-11-19)12-14-15(17)8-6-9-16(14)18;2*1-2/h1,3-4,7-8,16-17H,2,5-6,9-14H2;7-8,11,15H,2-6,9-10,12H2,1H3;6,8-9,13H,2-5,7,10-12H2,1H3;2*1-2H3. The van der Waals surface area contributed by atoms with Crippen LogP contribution < -0.4 is 0 Å². The molecule has 0 amide bonds. The van der Waals surface area contributed by atoms with Gasteiger partial charge >= 0.3 is 0 Å². The molecule has 1 aliphatic carbocycles. The van der Waals surface area contributed by atoms with E-state index in [0.717, 1.165) is 54.3 Å². The van der Waals surface area contributed by atoms with Gasteiger partial charge < -0.3 is 14.7 Å². The highest BCUT2D eigenvalue weighted by molar-refractivity contribution is 9.10. The van der Waals surface area contributed by atoms with Gasteiger partial charge in [-0.25, -0.2) is 13.2 Å². The monoisotopic (exact) mass is 898 g/mol. The predicted octanol–water partition coefficient (Wildman–Crippen LogP) is 14.9. The predicted molar refractivity (Wildman–Crippen MR) is 256 cm³/mol. The Bertz CT molecular complexity index is 1500. The molecule has 0 spiro atoms. The summed E-state index contributed by atoms with van der Waals surface area (Å²) in [6.45, 7) is 19.6. The van der Waals surface area contributed by atoms with Gasteiger partial charge in [-0.2, -0.15) is 0 Å². The fourth-order valence-corrected chi connectivity index (χ4v) is 9.66. The Kier molecular flexibility index (Phi) is 26.8. The first-order valence-electron chi connectivity index (χ1n) is 24.5. The average molecular weight is 899 g/mol. The zero-order valence-corrected chi connectivity index (χ0v) is 40.3. The molecule has 0 aromatic heterocycles. The summed E-state index contributed by atoms with van der Waals surface area (Å²) >= 11 is 3.55. The quantitative estimate of drug-likeness (QED) is 0.150. The Labute approximate surface area is 374 Å². The summed E-state index contributed by atoms with van der Waals surface area (Å²) in [5, 5.41) is 0. The van der Waals surface area contributed by atoms with E-state index in [1.54, 1.807) is 6.07 Å². The molecule has 3 nitrogen and oxygen atoms in total.